The first-order valence-electron chi connectivity index (χ1n) is 7.97. The van der Waals surface area contributed by atoms with Crippen LogP contribution in [0.15, 0.2) is 60.8 Å². The SMILES string of the molecule is Cc1ncc(C(=O)Nc2nn[nH]n2)n1-c1ccc(-c2ccccc2)cc1. The number of anilines is 1. The Morgan fingerprint density at radius 3 is 2.46 bits per heavy atom. The first kappa shape index (κ1) is 15.7. The number of benzene rings is 2. The van der Waals surface area contributed by atoms with Crippen molar-refractivity contribution in [2.45, 2.75) is 6.92 Å². The molecular formula is C18H15N7O. The molecule has 0 spiro atoms. The second-order valence-corrected chi connectivity index (χ2v) is 5.63. The van der Waals surface area contributed by atoms with E-state index in [1.54, 1.807) is 4.57 Å². The van der Waals surface area contributed by atoms with Gasteiger partial charge in [-0.25, -0.2) is 4.98 Å². The highest BCUT2D eigenvalue weighted by molar-refractivity contribution is 6.02. The molecule has 26 heavy (non-hydrogen) atoms. The predicted molar refractivity (Wildman–Crippen MR) is 95.9 cm³/mol. The number of imidazole rings is 1. The van der Waals surface area contributed by atoms with E-state index in [-0.39, 0.29) is 11.9 Å². The van der Waals surface area contributed by atoms with Crippen molar-refractivity contribution >= 4 is 11.9 Å². The number of nitrogens with zero attached hydrogens (tertiary/aromatic N) is 5. The molecule has 0 aliphatic heterocycles. The van der Waals surface area contributed by atoms with E-state index in [9.17, 15) is 4.79 Å². The van der Waals surface area contributed by atoms with Gasteiger partial charge < -0.3 is 0 Å². The number of hydrogen-bond acceptors (Lipinski definition) is 5. The van der Waals surface area contributed by atoms with Crippen molar-refractivity contribution in [2.75, 3.05) is 5.32 Å². The van der Waals surface area contributed by atoms with Gasteiger partial charge in [0.05, 0.1) is 6.20 Å². The number of carbonyl (C=O) groups is 1. The van der Waals surface area contributed by atoms with Crippen molar-refractivity contribution in [3.05, 3.63) is 72.3 Å². The molecule has 0 fully saturated rings. The summed E-state index contributed by atoms with van der Waals surface area (Å²) >= 11 is 0. The number of aromatic nitrogens is 6. The monoisotopic (exact) mass is 345 g/mol. The van der Waals surface area contributed by atoms with Gasteiger partial charge in [-0.05, 0) is 35.4 Å². The Kier molecular flexibility index (Phi) is 3.98. The number of aryl methyl sites for hydroxylation is 1. The van der Waals surface area contributed by atoms with Crippen LogP contribution in [-0.4, -0.2) is 36.1 Å². The Morgan fingerprint density at radius 2 is 1.77 bits per heavy atom. The van der Waals surface area contributed by atoms with Crippen molar-refractivity contribution in [3.63, 3.8) is 0 Å². The van der Waals surface area contributed by atoms with Crippen molar-refractivity contribution in [3.8, 4) is 16.8 Å². The van der Waals surface area contributed by atoms with Crippen LogP contribution in [-0.2, 0) is 0 Å². The molecular weight excluding hydrogens is 330 g/mol. The number of H-pyrrole nitrogens is 1. The van der Waals surface area contributed by atoms with E-state index < -0.39 is 0 Å². The van der Waals surface area contributed by atoms with Gasteiger partial charge in [0.1, 0.15) is 11.5 Å². The smallest absolute Gasteiger partial charge is 0.276 e. The molecule has 0 aliphatic rings. The van der Waals surface area contributed by atoms with E-state index in [0.29, 0.717) is 11.5 Å². The highest BCUT2D eigenvalue weighted by Gasteiger charge is 2.17. The van der Waals surface area contributed by atoms with Crippen LogP contribution >= 0.6 is 0 Å². The molecule has 1 amide bonds. The summed E-state index contributed by atoms with van der Waals surface area (Å²) < 4.78 is 1.78. The van der Waals surface area contributed by atoms with Crippen LogP contribution in [0.4, 0.5) is 5.95 Å². The van der Waals surface area contributed by atoms with Gasteiger partial charge in [-0.3, -0.25) is 14.7 Å². The summed E-state index contributed by atoms with van der Waals surface area (Å²) in [6.07, 6.45) is 1.52. The summed E-state index contributed by atoms with van der Waals surface area (Å²) in [5.41, 5.74) is 3.47. The maximum atomic E-state index is 12.5. The molecule has 2 aromatic heterocycles. The van der Waals surface area contributed by atoms with Gasteiger partial charge in [-0.1, -0.05) is 47.6 Å². The van der Waals surface area contributed by atoms with Gasteiger partial charge in [-0.15, -0.1) is 5.10 Å². The molecule has 0 atom stereocenters. The lowest BCUT2D eigenvalue weighted by Gasteiger charge is -2.11. The lowest BCUT2D eigenvalue weighted by atomic mass is 10.1. The van der Waals surface area contributed by atoms with Crippen LogP contribution in [0.25, 0.3) is 16.8 Å². The largest absolute Gasteiger partial charge is 0.292 e. The third-order valence-electron chi connectivity index (χ3n) is 3.97. The zero-order chi connectivity index (χ0) is 17.9. The Bertz CT molecular complexity index is 1020. The van der Waals surface area contributed by atoms with Gasteiger partial charge in [0.25, 0.3) is 11.9 Å². The number of carbonyl (C=O) groups excluding carboxylic acids is 1. The minimum Gasteiger partial charge on any atom is -0.292 e. The summed E-state index contributed by atoms with van der Waals surface area (Å²) in [5.74, 6) is 0.453. The van der Waals surface area contributed by atoms with Crippen LogP contribution in [0.5, 0.6) is 0 Å². The van der Waals surface area contributed by atoms with Gasteiger partial charge in [0, 0.05) is 5.69 Å². The van der Waals surface area contributed by atoms with E-state index in [1.807, 2.05) is 49.4 Å². The molecule has 8 heteroatoms. The van der Waals surface area contributed by atoms with Crippen LogP contribution < -0.4 is 5.32 Å². The molecule has 0 radical (unpaired) electrons. The molecule has 0 saturated carbocycles. The lowest BCUT2D eigenvalue weighted by molar-refractivity contribution is 0.101. The molecule has 0 saturated heterocycles. The van der Waals surface area contributed by atoms with Gasteiger partial charge in [0.15, 0.2) is 0 Å². The van der Waals surface area contributed by atoms with Crippen LogP contribution in [0.3, 0.4) is 0 Å². The number of amides is 1. The Morgan fingerprint density at radius 1 is 1.04 bits per heavy atom. The molecule has 2 N–H and O–H groups in total. The topological polar surface area (TPSA) is 101 Å². The second-order valence-electron chi connectivity index (χ2n) is 5.63. The summed E-state index contributed by atoms with van der Waals surface area (Å²) in [6.45, 7) is 1.84. The zero-order valence-corrected chi connectivity index (χ0v) is 13.9. The maximum Gasteiger partial charge on any atom is 0.276 e. The Hall–Kier alpha value is -3.81. The van der Waals surface area contributed by atoms with Crippen molar-refractivity contribution in [1.29, 1.82) is 0 Å². The standard InChI is InChI=1S/C18H15N7O/c1-12-19-11-16(17(26)20-18-21-23-24-22-18)25(12)15-9-7-14(8-10-15)13-5-3-2-4-6-13/h2-11H,1H3,(H2,20,21,22,23,24,26). The summed E-state index contributed by atoms with van der Waals surface area (Å²) in [6, 6.07) is 18.1. The summed E-state index contributed by atoms with van der Waals surface area (Å²) in [7, 11) is 0. The average Bonchev–Trinajstić information content (AvgIpc) is 3.32. The zero-order valence-electron chi connectivity index (χ0n) is 13.9. The molecule has 0 aliphatic carbocycles. The average molecular weight is 345 g/mol. The molecule has 2 aromatic carbocycles. The first-order chi connectivity index (χ1) is 12.7. The minimum absolute atomic E-state index is 0.111. The van der Waals surface area contributed by atoms with E-state index in [2.05, 4.69) is 43.1 Å². The molecule has 0 unspecified atom stereocenters. The molecule has 4 aromatic rings. The quantitative estimate of drug-likeness (QED) is 0.592. The van der Waals surface area contributed by atoms with Gasteiger partial charge in [0.2, 0.25) is 0 Å². The summed E-state index contributed by atoms with van der Waals surface area (Å²) in [4.78, 5) is 16.8. The van der Waals surface area contributed by atoms with E-state index in [0.717, 1.165) is 16.8 Å². The minimum atomic E-state index is -0.362. The lowest BCUT2D eigenvalue weighted by Crippen LogP contribution is -2.17. The molecule has 128 valence electrons. The number of hydrogen-bond donors (Lipinski definition) is 2. The fourth-order valence-corrected chi connectivity index (χ4v) is 2.74. The Labute approximate surface area is 148 Å². The molecule has 2 heterocycles. The maximum absolute atomic E-state index is 12.5. The second kappa shape index (κ2) is 6.60. The molecule has 4 rings (SSSR count). The number of tetrazole rings is 1. The van der Waals surface area contributed by atoms with E-state index >= 15 is 0 Å². The molecule has 0 bridgehead atoms. The van der Waals surface area contributed by atoms with Crippen molar-refractivity contribution in [1.82, 2.24) is 30.2 Å². The predicted octanol–water partition coefficient (Wildman–Crippen LogP) is 2.61. The number of rotatable bonds is 4. The number of aromatic amines is 1. The van der Waals surface area contributed by atoms with Crippen LogP contribution in [0.2, 0.25) is 0 Å². The van der Waals surface area contributed by atoms with Crippen LogP contribution in [0, 0.1) is 6.92 Å². The summed E-state index contributed by atoms with van der Waals surface area (Å²) in [5, 5.41) is 15.7. The van der Waals surface area contributed by atoms with E-state index in [4.69, 9.17) is 0 Å². The normalized spacial score (nSPS) is 10.7. The fourth-order valence-electron chi connectivity index (χ4n) is 2.74. The van der Waals surface area contributed by atoms with Crippen molar-refractivity contribution < 1.29 is 4.79 Å². The first-order valence-corrected chi connectivity index (χ1v) is 7.97. The fraction of sp³-hybridized carbons (Fsp3) is 0.0556. The van der Waals surface area contributed by atoms with Crippen LogP contribution in [0.1, 0.15) is 16.3 Å². The van der Waals surface area contributed by atoms with E-state index in [1.165, 1.54) is 6.20 Å². The number of nitrogens with one attached hydrogen (secondary N) is 2. The highest BCUT2D eigenvalue weighted by Crippen LogP contribution is 2.22. The third-order valence-corrected chi connectivity index (χ3v) is 3.97. The van der Waals surface area contributed by atoms with Gasteiger partial charge >= 0.3 is 0 Å². The van der Waals surface area contributed by atoms with Gasteiger partial charge in [-0.2, -0.15) is 5.21 Å². The van der Waals surface area contributed by atoms with Crippen molar-refractivity contribution in [2.24, 2.45) is 0 Å². The Balaban J connectivity index is 1.66. The highest BCUT2D eigenvalue weighted by atomic mass is 16.2. The molecule has 8 nitrogen and oxygen atoms in total. The third kappa shape index (κ3) is 2.95.